The van der Waals surface area contributed by atoms with Crippen LogP contribution in [0.15, 0.2) is 28.9 Å². The van der Waals surface area contributed by atoms with Gasteiger partial charge in [0.25, 0.3) is 0 Å². The van der Waals surface area contributed by atoms with Crippen molar-refractivity contribution in [3.05, 3.63) is 23.9 Å². The fourth-order valence-electron chi connectivity index (χ4n) is 0.589. The van der Waals surface area contributed by atoms with Crippen LogP contribution in [-0.2, 0) is 0 Å². The van der Waals surface area contributed by atoms with Gasteiger partial charge in [-0.1, -0.05) is 12.2 Å². The molecule has 0 radical (unpaired) electrons. The number of hydrogen-bond donors (Lipinski definition) is 0. The third-order valence-electron chi connectivity index (χ3n) is 1.05. The normalized spacial score (nSPS) is 17.9. The number of hydrogen-bond acceptors (Lipinski definition) is 1. The smallest absolute Gasteiger partial charge is 0.0293 e. The summed E-state index contributed by atoms with van der Waals surface area (Å²) in [6, 6.07) is 0. The van der Waals surface area contributed by atoms with Gasteiger partial charge in [0, 0.05) is 12.4 Å². The highest BCUT2D eigenvalue weighted by Gasteiger charge is 1.82. The largest absolute Gasteiger partial charge is 0.265 e. The van der Waals surface area contributed by atoms with Crippen LogP contribution in [0.2, 0.25) is 0 Å². The number of aliphatic imine (C=N–C) groups is 1. The first-order valence-corrected chi connectivity index (χ1v) is 2.74. The van der Waals surface area contributed by atoms with E-state index >= 15 is 0 Å². The van der Waals surface area contributed by atoms with Crippen molar-refractivity contribution < 1.29 is 0 Å². The SMILES string of the molecule is CC1=CCC=CN=C1. The Morgan fingerprint density at radius 2 is 2.50 bits per heavy atom. The average molecular weight is 107 g/mol. The Balaban J connectivity index is 2.69. The van der Waals surface area contributed by atoms with Crippen molar-refractivity contribution in [2.45, 2.75) is 13.3 Å². The minimum Gasteiger partial charge on any atom is -0.265 e. The van der Waals surface area contributed by atoms with Gasteiger partial charge in [-0.3, -0.25) is 4.99 Å². The summed E-state index contributed by atoms with van der Waals surface area (Å²) < 4.78 is 0. The molecule has 0 aromatic rings. The molecule has 42 valence electrons. The van der Waals surface area contributed by atoms with E-state index < -0.39 is 0 Å². The van der Waals surface area contributed by atoms with E-state index in [1.54, 1.807) is 0 Å². The van der Waals surface area contributed by atoms with Gasteiger partial charge in [-0.2, -0.15) is 0 Å². The summed E-state index contributed by atoms with van der Waals surface area (Å²) in [5.41, 5.74) is 1.25. The van der Waals surface area contributed by atoms with Crippen molar-refractivity contribution in [3.8, 4) is 0 Å². The van der Waals surface area contributed by atoms with E-state index in [9.17, 15) is 0 Å². The third-order valence-corrected chi connectivity index (χ3v) is 1.05. The Morgan fingerprint density at radius 3 is 3.38 bits per heavy atom. The maximum Gasteiger partial charge on any atom is 0.0293 e. The van der Waals surface area contributed by atoms with Gasteiger partial charge in [-0.25, -0.2) is 0 Å². The molecular weight excluding hydrogens is 98.1 g/mol. The number of allylic oxidation sites excluding steroid dienone is 3. The Kier molecular flexibility index (Phi) is 1.62. The molecule has 0 spiro atoms. The molecule has 1 heterocycles. The summed E-state index contributed by atoms with van der Waals surface area (Å²) >= 11 is 0. The van der Waals surface area contributed by atoms with Crippen LogP contribution < -0.4 is 0 Å². The zero-order chi connectivity index (χ0) is 5.82. The minimum atomic E-state index is 1.02. The molecule has 0 aromatic carbocycles. The van der Waals surface area contributed by atoms with Crippen molar-refractivity contribution in [3.63, 3.8) is 0 Å². The Bertz CT molecular complexity index is 149. The van der Waals surface area contributed by atoms with Gasteiger partial charge in [-0.05, 0) is 18.9 Å². The Morgan fingerprint density at radius 1 is 1.62 bits per heavy atom. The molecule has 0 unspecified atom stereocenters. The minimum absolute atomic E-state index is 1.02. The highest BCUT2D eigenvalue weighted by Crippen LogP contribution is 1.97. The molecule has 0 saturated heterocycles. The van der Waals surface area contributed by atoms with Gasteiger partial charge in [0.1, 0.15) is 0 Å². The van der Waals surface area contributed by atoms with Crippen LogP contribution >= 0.6 is 0 Å². The van der Waals surface area contributed by atoms with Crippen molar-refractivity contribution >= 4 is 6.21 Å². The lowest BCUT2D eigenvalue weighted by molar-refractivity contribution is 1.36. The van der Waals surface area contributed by atoms with Crippen molar-refractivity contribution in [1.82, 2.24) is 0 Å². The lowest BCUT2D eigenvalue weighted by atomic mass is 10.3. The van der Waals surface area contributed by atoms with Crippen LogP contribution in [0.1, 0.15) is 13.3 Å². The molecule has 0 saturated carbocycles. The molecule has 0 aliphatic carbocycles. The topological polar surface area (TPSA) is 12.4 Å². The van der Waals surface area contributed by atoms with Crippen LogP contribution in [0.5, 0.6) is 0 Å². The molecule has 0 aromatic heterocycles. The molecule has 1 aliphatic heterocycles. The van der Waals surface area contributed by atoms with Gasteiger partial charge < -0.3 is 0 Å². The Labute approximate surface area is 49.4 Å². The van der Waals surface area contributed by atoms with Crippen LogP contribution in [0.4, 0.5) is 0 Å². The van der Waals surface area contributed by atoms with E-state index in [-0.39, 0.29) is 0 Å². The van der Waals surface area contributed by atoms with Gasteiger partial charge in [0.15, 0.2) is 0 Å². The monoisotopic (exact) mass is 107 g/mol. The van der Waals surface area contributed by atoms with E-state index in [1.165, 1.54) is 5.57 Å². The number of rotatable bonds is 0. The van der Waals surface area contributed by atoms with E-state index in [0.717, 1.165) is 6.42 Å². The first-order chi connectivity index (χ1) is 3.89. The van der Waals surface area contributed by atoms with Crippen LogP contribution in [0.3, 0.4) is 0 Å². The van der Waals surface area contributed by atoms with Crippen LogP contribution in [-0.4, -0.2) is 6.21 Å². The lowest BCUT2D eigenvalue weighted by Crippen LogP contribution is -1.71. The molecular formula is C7H9N. The van der Waals surface area contributed by atoms with Crippen molar-refractivity contribution in [1.29, 1.82) is 0 Å². The maximum atomic E-state index is 3.98. The first-order valence-electron chi connectivity index (χ1n) is 2.74. The molecule has 1 heteroatoms. The van der Waals surface area contributed by atoms with Gasteiger partial charge in [0.2, 0.25) is 0 Å². The molecule has 0 N–H and O–H groups in total. The highest BCUT2D eigenvalue weighted by atomic mass is 14.7. The van der Waals surface area contributed by atoms with Crippen LogP contribution in [0, 0.1) is 0 Å². The summed E-state index contributed by atoms with van der Waals surface area (Å²) in [5.74, 6) is 0. The number of nitrogens with zero attached hydrogens (tertiary/aromatic N) is 1. The molecule has 1 nitrogen and oxygen atoms in total. The predicted octanol–water partition coefficient (Wildman–Crippen LogP) is 1.92. The van der Waals surface area contributed by atoms with E-state index in [2.05, 4.69) is 18.0 Å². The molecule has 0 atom stereocenters. The Hall–Kier alpha value is -0.850. The first kappa shape index (κ1) is 5.29. The summed E-state index contributed by atoms with van der Waals surface area (Å²) in [6.45, 7) is 2.05. The zero-order valence-electron chi connectivity index (χ0n) is 4.96. The maximum absolute atomic E-state index is 3.98. The summed E-state index contributed by atoms with van der Waals surface area (Å²) in [6.07, 6.45) is 8.89. The summed E-state index contributed by atoms with van der Waals surface area (Å²) in [4.78, 5) is 3.98. The fourth-order valence-corrected chi connectivity index (χ4v) is 0.589. The average Bonchev–Trinajstić information content (AvgIpc) is 1.94. The zero-order valence-corrected chi connectivity index (χ0v) is 4.96. The standard InChI is InChI=1S/C7H9N/c1-7-4-2-3-5-8-6-7/h3-6H,2H2,1H3. The van der Waals surface area contributed by atoms with Gasteiger partial charge in [-0.15, -0.1) is 0 Å². The van der Waals surface area contributed by atoms with Gasteiger partial charge in [0.05, 0.1) is 0 Å². The van der Waals surface area contributed by atoms with Gasteiger partial charge >= 0.3 is 0 Å². The van der Waals surface area contributed by atoms with Crippen LogP contribution in [0.25, 0.3) is 0 Å². The second-order valence-electron chi connectivity index (χ2n) is 1.85. The van der Waals surface area contributed by atoms with Crippen molar-refractivity contribution in [2.24, 2.45) is 4.99 Å². The predicted molar refractivity (Wildman–Crippen MR) is 36.0 cm³/mol. The highest BCUT2D eigenvalue weighted by molar-refractivity contribution is 5.78. The molecule has 1 aliphatic rings. The second-order valence-corrected chi connectivity index (χ2v) is 1.85. The van der Waals surface area contributed by atoms with Crippen molar-refractivity contribution in [2.75, 3.05) is 0 Å². The summed E-state index contributed by atoms with van der Waals surface area (Å²) in [5, 5.41) is 0. The lowest BCUT2D eigenvalue weighted by Gasteiger charge is -1.81. The molecule has 1 rings (SSSR count). The molecule has 0 bridgehead atoms. The second kappa shape index (κ2) is 2.46. The molecule has 0 fully saturated rings. The third kappa shape index (κ3) is 1.34. The summed E-state index contributed by atoms with van der Waals surface area (Å²) in [7, 11) is 0. The molecule has 8 heavy (non-hydrogen) atoms. The van der Waals surface area contributed by atoms with E-state index in [1.807, 2.05) is 18.5 Å². The van der Waals surface area contributed by atoms with E-state index in [0.29, 0.717) is 0 Å². The fraction of sp³-hybridized carbons (Fsp3) is 0.286. The quantitative estimate of drug-likeness (QED) is 0.448. The molecule has 0 amide bonds. The van der Waals surface area contributed by atoms with E-state index in [4.69, 9.17) is 0 Å².